The molecule has 6 heteroatoms. The first-order valence-electron chi connectivity index (χ1n) is 5.48. The fraction of sp³-hybridized carbons (Fsp3) is 0.700. The number of amides is 1. The molecule has 1 rings (SSSR count). The Balaban J connectivity index is 2.76. The Morgan fingerprint density at radius 2 is 1.88 bits per heavy atom. The Kier molecular flexibility index (Phi) is 4.23. The summed E-state index contributed by atoms with van der Waals surface area (Å²) in [4.78, 5) is 11.9. The largest absolute Gasteiger partial charge is 0.374 e. The molecule has 1 aromatic rings. The van der Waals surface area contributed by atoms with Crippen molar-refractivity contribution in [1.29, 1.82) is 0 Å². The Morgan fingerprint density at radius 1 is 1.31 bits per heavy atom. The summed E-state index contributed by atoms with van der Waals surface area (Å²) in [6, 6.07) is 0. The number of hydrogen-bond acceptors (Lipinski definition) is 5. The van der Waals surface area contributed by atoms with Gasteiger partial charge in [-0.05, 0) is 19.3 Å². The van der Waals surface area contributed by atoms with E-state index in [0.717, 1.165) is 30.6 Å². The predicted molar refractivity (Wildman–Crippen MR) is 65.4 cm³/mol. The Labute approximate surface area is 99.5 Å². The van der Waals surface area contributed by atoms with Crippen LogP contribution in [0.1, 0.15) is 49.8 Å². The van der Waals surface area contributed by atoms with E-state index in [4.69, 9.17) is 5.73 Å². The van der Waals surface area contributed by atoms with E-state index in [0.29, 0.717) is 10.1 Å². The molecule has 0 atom stereocenters. The number of anilines is 1. The van der Waals surface area contributed by atoms with Crippen LogP contribution in [0.4, 0.5) is 5.13 Å². The summed E-state index contributed by atoms with van der Waals surface area (Å²) in [5.74, 6) is -0.181. The van der Waals surface area contributed by atoms with E-state index in [2.05, 4.69) is 36.3 Å². The van der Waals surface area contributed by atoms with Crippen LogP contribution in [0.2, 0.25) is 0 Å². The minimum atomic E-state index is -0.181. The number of nitrogens with one attached hydrogen (secondary N) is 1. The summed E-state index contributed by atoms with van der Waals surface area (Å²) in [6.45, 7) is 6.21. The highest BCUT2D eigenvalue weighted by atomic mass is 32.1. The maximum absolute atomic E-state index is 11.9. The van der Waals surface area contributed by atoms with Crippen molar-refractivity contribution in [2.75, 3.05) is 5.73 Å². The molecule has 3 N–H and O–H groups in total. The van der Waals surface area contributed by atoms with Crippen molar-refractivity contribution in [1.82, 2.24) is 15.5 Å². The average molecular weight is 242 g/mol. The lowest BCUT2D eigenvalue weighted by atomic mass is 9.90. The van der Waals surface area contributed by atoms with Gasteiger partial charge in [0.25, 0.3) is 5.91 Å². The fourth-order valence-corrected chi connectivity index (χ4v) is 2.14. The van der Waals surface area contributed by atoms with Crippen LogP contribution in [0, 0.1) is 0 Å². The van der Waals surface area contributed by atoms with Gasteiger partial charge in [-0.25, -0.2) is 0 Å². The molecule has 5 nitrogen and oxygen atoms in total. The van der Waals surface area contributed by atoms with Crippen molar-refractivity contribution in [3.05, 3.63) is 5.01 Å². The van der Waals surface area contributed by atoms with Crippen molar-refractivity contribution in [3.8, 4) is 0 Å². The standard InChI is InChI=1S/C10H18N4OS/c1-4-10(5-2,6-3)12-7(15)8-13-14-9(11)16-8/h4-6H2,1-3H3,(H2,11,14)(H,12,15). The Bertz CT molecular complexity index is 351. The van der Waals surface area contributed by atoms with E-state index in [1.165, 1.54) is 0 Å². The fourth-order valence-electron chi connectivity index (χ4n) is 1.64. The summed E-state index contributed by atoms with van der Waals surface area (Å²) >= 11 is 1.11. The molecular weight excluding hydrogens is 224 g/mol. The molecule has 0 aromatic carbocycles. The number of aromatic nitrogens is 2. The highest BCUT2D eigenvalue weighted by Gasteiger charge is 2.27. The van der Waals surface area contributed by atoms with Crippen LogP contribution in [0.25, 0.3) is 0 Å². The van der Waals surface area contributed by atoms with Crippen LogP contribution in [0.5, 0.6) is 0 Å². The third-order valence-electron chi connectivity index (χ3n) is 3.04. The van der Waals surface area contributed by atoms with Gasteiger partial charge in [-0.3, -0.25) is 4.79 Å². The lowest BCUT2D eigenvalue weighted by Crippen LogP contribution is -2.47. The SMILES string of the molecule is CCC(CC)(CC)NC(=O)c1nnc(N)s1. The van der Waals surface area contributed by atoms with E-state index in [1.807, 2.05) is 0 Å². The van der Waals surface area contributed by atoms with Crippen molar-refractivity contribution in [2.45, 2.75) is 45.6 Å². The van der Waals surface area contributed by atoms with Gasteiger partial charge in [0.1, 0.15) is 0 Å². The van der Waals surface area contributed by atoms with E-state index in [1.54, 1.807) is 0 Å². The zero-order valence-electron chi connectivity index (χ0n) is 9.91. The number of nitrogens with two attached hydrogens (primary N) is 1. The summed E-state index contributed by atoms with van der Waals surface area (Å²) in [5, 5.41) is 11.0. The van der Waals surface area contributed by atoms with Crippen LogP contribution in [0.15, 0.2) is 0 Å². The quantitative estimate of drug-likeness (QED) is 0.825. The number of hydrogen-bond donors (Lipinski definition) is 2. The molecule has 0 unspecified atom stereocenters. The number of nitrogen functional groups attached to an aromatic ring is 1. The zero-order valence-corrected chi connectivity index (χ0v) is 10.7. The summed E-state index contributed by atoms with van der Waals surface area (Å²) in [5.41, 5.74) is 5.30. The molecule has 0 spiro atoms. The van der Waals surface area contributed by atoms with Gasteiger partial charge in [-0.2, -0.15) is 0 Å². The van der Waals surface area contributed by atoms with Crippen LogP contribution >= 0.6 is 11.3 Å². The second kappa shape index (κ2) is 5.25. The number of carbonyl (C=O) groups excluding carboxylic acids is 1. The molecule has 0 fully saturated rings. The normalized spacial score (nSPS) is 11.4. The van der Waals surface area contributed by atoms with Crippen molar-refractivity contribution >= 4 is 22.4 Å². The maximum atomic E-state index is 11.9. The van der Waals surface area contributed by atoms with Gasteiger partial charge >= 0.3 is 0 Å². The molecule has 0 aliphatic heterocycles. The molecule has 1 amide bonds. The number of rotatable bonds is 5. The number of carbonyl (C=O) groups is 1. The van der Waals surface area contributed by atoms with Gasteiger partial charge in [-0.15, -0.1) is 10.2 Å². The molecule has 0 radical (unpaired) electrons. The maximum Gasteiger partial charge on any atom is 0.282 e. The van der Waals surface area contributed by atoms with Crippen molar-refractivity contribution in [2.24, 2.45) is 0 Å². The molecule has 0 saturated carbocycles. The first-order valence-corrected chi connectivity index (χ1v) is 6.30. The third kappa shape index (κ3) is 2.69. The van der Waals surface area contributed by atoms with Crippen molar-refractivity contribution < 1.29 is 4.79 Å². The van der Waals surface area contributed by atoms with Crippen LogP contribution in [-0.4, -0.2) is 21.6 Å². The smallest absolute Gasteiger partial charge is 0.282 e. The van der Waals surface area contributed by atoms with Crippen LogP contribution < -0.4 is 11.1 Å². The van der Waals surface area contributed by atoms with Crippen LogP contribution in [0.3, 0.4) is 0 Å². The minimum Gasteiger partial charge on any atom is -0.374 e. The third-order valence-corrected chi connectivity index (χ3v) is 3.80. The highest BCUT2D eigenvalue weighted by molar-refractivity contribution is 7.16. The lowest BCUT2D eigenvalue weighted by Gasteiger charge is -2.31. The average Bonchev–Trinajstić information content (AvgIpc) is 2.73. The van der Waals surface area contributed by atoms with Gasteiger partial charge in [-0.1, -0.05) is 32.1 Å². The molecule has 0 aliphatic carbocycles. The van der Waals surface area contributed by atoms with E-state index >= 15 is 0 Å². The molecule has 90 valence electrons. The predicted octanol–water partition coefficient (Wildman–Crippen LogP) is 1.82. The van der Waals surface area contributed by atoms with Gasteiger partial charge < -0.3 is 11.1 Å². The lowest BCUT2D eigenvalue weighted by molar-refractivity contribution is 0.0887. The molecule has 0 bridgehead atoms. The van der Waals surface area contributed by atoms with Gasteiger partial charge in [0.05, 0.1) is 0 Å². The second-order valence-corrected chi connectivity index (χ2v) is 4.75. The van der Waals surface area contributed by atoms with E-state index in [9.17, 15) is 4.79 Å². The number of nitrogens with zero attached hydrogens (tertiary/aromatic N) is 2. The molecule has 0 saturated heterocycles. The molecule has 1 aromatic heterocycles. The minimum absolute atomic E-state index is 0.141. The first-order chi connectivity index (χ1) is 7.56. The van der Waals surface area contributed by atoms with Crippen LogP contribution in [-0.2, 0) is 0 Å². The summed E-state index contributed by atoms with van der Waals surface area (Å²) in [7, 11) is 0. The van der Waals surface area contributed by atoms with Gasteiger partial charge in [0.2, 0.25) is 10.1 Å². The molecular formula is C10H18N4OS. The Hall–Kier alpha value is -1.17. The monoisotopic (exact) mass is 242 g/mol. The highest BCUT2D eigenvalue weighted by Crippen LogP contribution is 2.21. The van der Waals surface area contributed by atoms with E-state index < -0.39 is 0 Å². The van der Waals surface area contributed by atoms with Gasteiger partial charge in [0, 0.05) is 5.54 Å². The Morgan fingerprint density at radius 3 is 2.25 bits per heavy atom. The second-order valence-electron chi connectivity index (χ2n) is 3.74. The first kappa shape index (κ1) is 12.9. The zero-order chi connectivity index (χ0) is 12.2. The molecule has 16 heavy (non-hydrogen) atoms. The summed E-state index contributed by atoms with van der Waals surface area (Å²) < 4.78 is 0. The van der Waals surface area contributed by atoms with Crippen molar-refractivity contribution in [3.63, 3.8) is 0 Å². The van der Waals surface area contributed by atoms with E-state index in [-0.39, 0.29) is 11.4 Å². The molecule has 1 heterocycles. The summed E-state index contributed by atoms with van der Waals surface area (Å²) in [6.07, 6.45) is 2.71. The molecule has 0 aliphatic rings. The topological polar surface area (TPSA) is 80.9 Å². The van der Waals surface area contributed by atoms with Gasteiger partial charge in [0.15, 0.2) is 0 Å².